The minimum atomic E-state index is -2.39. The van der Waals surface area contributed by atoms with Gasteiger partial charge in [0.05, 0.1) is 35.6 Å². The van der Waals surface area contributed by atoms with Crippen LogP contribution in [0.15, 0.2) is 102 Å². The van der Waals surface area contributed by atoms with Gasteiger partial charge in [0, 0.05) is 37.7 Å². The van der Waals surface area contributed by atoms with Gasteiger partial charge in [0.1, 0.15) is 23.9 Å². The molecule has 1 aliphatic heterocycles. The first kappa shape index (κ1) is 44.3. The molecule has 3 aromatic carbocycles. The molecule has 328 valence electrons. The molecule has 15 nitrogen and oxygen atoms in total. The first-order chi connectivity index (χ1) is 29.3. The molecule has 15 heteroatoms. The SMILES string of the molecule is CC(=O)O[C@@H]1C(=O)[C@@]2(C)[C@@H](O)C[C@@H]3OC[C@]3(OC(C)=O)[C@@H]2[C@@H](OC(=O)c2ccccc2)[C@@]2(O)C[C@@H](OC(=O)[C@@H](O)[C@H](NC(=O)c3ccccc3)c3ccccc3)C(C)=C1C2(C)C. The molecule has 1 heterocycles. The Hall–Kier alpha value is -5.74. The Kier molecular flexibility index (Phi) is 11.8. The van der Waals surface area contributed by atoms with Crippen LogP contribution in [0.2, 0.25) is 0 Å². The molecule has 0 aromatic heterocycles. The number of nitrogens with one attached hydrogen (secondary N) is 1. The van der Waals surface area contributed by atoms with Crippen molar-refractivity contribution in [2.45, 2.75) is 108 Å². The van der Waals surface area contributed by atoms with Gasteiger partial charge < -0.3 is 44.3 Å². The average Bonchev–Trinajstić information content (AvgIpc) is 3.24. The van der Waals surface area contributed by atoms with Crippen LogP contribution in [0, 0.1) is 16.7 Å². The van der Waals surface area contributed by atoms with Crippen molar-refractivity contribution in [3.63, 3.8) is 0 Å². The summed E-state index contributed by atoms with van der Waals surface area (Å²) >= 11 is 0. The highest BCUT2D eigenvalue weighted by Crippen LogP contribution is 2.64. The summed E-state index contributed by atoms with van der Waals surface area (Å²) in [7, 11) is 0. The number of esters is 4. The van der Waals surface area contributed by atoms with Crippen LogP contribution >= 0.6 is 0 Å². The van der Waals surface area contributed by atoms with Crippen LogP contribution in [0.25, 0.3) is 0 Å². The second-order valence-electron chi connectivity index (χ2n) is 17.4. The van der Waals surface area contributed by atoms with Crippen LogP contribution in [-0.4, -0.2) is 105 Å². The lowest BCUT2D eigenvalue weighted by Gasteiger charge is -2.67. The van der Waals surface area contributed by atoms with Crippen LogP contribution < -0.4 is 5.32 Å². The Morgan fingerprint density at radius 3 is 1.95 bits per heavy atom. The number of ether oxygens (including phenoxy) is 5. The Morgan fingerprint density at radius 2 is 1.40 bits per heavy atom. The molecule has 1 amide bonds. The number of aliphatic hydroxyl groups excluding tert-OH is 2. The summed E-state index contributed by atoms with van der Waals surface area (Å²) in [6, 6.07) is 22.9. The number of ketones is 1. The number of hydrogen-bond donors (Lipinski definition) is 4. The molecule has 4 aliphatic rings. The first-order valence-corrected chi connectivity index (χ1v) is 20.5. The van der Waals surface area contributed by atoms with E-state index in [4.69, 9.17) is 23.7 Å². The largest absolute Gasteiger partial charge is 0.456 e. The molecule has 3 fully saturated rings. The zero-order valence-corrected chi connectivity index (χ0v) is 35.2. The van der Waals surface area contributed by atoms with Crippen molar-refractivity contribution >= 4 is 35.6 Å². The summed E-state index contributed by atoms with van der Waals surface area (Å²) in [5.41, 5.74) is -7.02. The fraction of sp³-hybridized carbons (Fsp3) is 0.447. The molecule has 3 aliphatic carbocycles. The van der Waals surface area contributed by atoms with Gasteiger partial charge >= 0.3 is 23.9 Å². The van der Waals surface area contributed by atoms with E-state index in [9.17, 15) is 39.3 Å². The molecule has 7 rings (SSSR count). The van der Waals surface area contributed by atoms with Crippen molar-refractivity contribution in [3.8, 4) is 0 Å². The highest BCUT2D eigenvalue weighted by molar-refractivity contribution is 5.96. The lowest BCUT2D eigenvalue weighted by Crippen LogP contribution is -2.82. The lowest BCUT2D eigenvalue weighted by molar-refractivity contribution is -0.346. The van der Waals surface area contributed by atoms with Crippen molar-refractivity contribution in [1.82, 2.24) is 5.32 Å². The minimum Gasteiger partial charge on any atom is -0.456 e. The van der Waals surface area contributed by atoms with Crippen molar-refractivity contribution < 1.29 is 67.8 Å². The highest BCUT2D eigenvalue weighted by atomic mass is 16.6. The van der Waals surface area contributed by atoms with Crippen molar-refractivity contribution in [1.29, 1.82) is 0 Å². The number of Topliss-reactive ketones (excluding diaryl/α,β-unsaturated/α-hetero) is 1. The summed E-state index contributed by atoms with van der Waals surface area (Å²) in [5, 5.41) is 40.2. The van der Waals surface area contributed by atoms with Gasteiger partial charge in [-0.2, -0.15) is 0 Å². The third kappa shape index (κ3) is 7.29. The normalized spacial score (nSPS) is 31.9. The van der Waals surface area contributed by atoms with Gasteiger partial charge in [0.2, 0.25) is 0 Å². The number of benzene rings is 3. The summed E-state index contributed by atoms with van der Waals surface area (Å²) < 4.78 is 30.3. The quantitative estimate of drug-likeness (QED) is 0.130. The van der Waals surface area contributed by atoms with Crippen LogP contribution in [0.3, 0.4) is 0 Å². The average molecular weight is 854 g/mol. The Balaban J connectivity index is 1.39. The molecule has 0 radical (unpaired) electrons. The third-order valence-corrected chi connectivity index (χ3v) is 13.5. The fourth-order valence-electron chi connectivity index (χ4n) is 10.2. The molecule has 2 saturated carbocycles. The minimum absolute atomic E-state index is 0.00289. The molecular formula is C47H51NO14. The van der Waals surface area contributed by atoms with Crippen LogP contribution in [0.5, 0.6) is 0 Å². The number of rotatable bonds is 10. The molecule has 0 spiro atoms. The smallest absolute Gasteiger partial charge is 0.338 e. The first-order valence-electron chi connectivity index (χ1n) is 20.5. The maximum absolute atomic E-state index is 15.5. The summed E-state index contributed by atoms with van der Waals surface area (Å²) in [5.74, 6) is -6.84. The van der Waals surface area contributed by atoms with Crippen molar-refractivity contribution in [2.75, 3.05) is 6.61 Å². The number of carbonyl (C=O) groups excluding carboxylic acids is 6. The Labute approximate surface area is 358 Å². The van der Waals surface area contributed by atoms with E-state index in [0.717, 1.165) is 13.8 Å². The maximum Gasteiger partial charge on any atom is 0.338 e. The predicted molar refractivity (Wildman–Crippen MR) is 218 cm³/mol. The van der Waals surface area contributed by atoms with Crippen molar-refractivity contribution in [3.05, 3.63) is 119 Å². The summed E-state index contributed by atoms with van der Waals surface area (Å²) in [6.07, 6.45) is -10.5. The number of hydrogen-bond acceptors (Lipinski definition) is 14. The van der Waals surface area contributed by atoms with Gasteiger partial charge in [-0.15, -0.1) is 0 Å². The van der Waals surface area contributed by atoms with E-state index in [0.29, 0.717) is 5.56 Å². The zero-order chi connectivity index (χ0) is 44.9. The molecule has 1 saturated heterocycles. The standard InChI is InChI=1S/C47H51NO14/c1-25-31(60-43(56)36(52)35(28-16-10-7-11-17-28)48-41(54)29-18-12-8-13-19-29)23-47(57)40(61-42(55)30-20-14-9-15-21-30)38-45(6,32(51)22-33-46(38,24-58-33)62-27(3)50)39(53)37(59-26(2)49)34(25)44(47,4)5/h7-21,31-33,35-38,40,51-52,57H,22-24H2,1-6H3,(H,48,54)/t31-,32+,33+,35-,36+,37+,38-,40-,45+,46-,47+/m1/s1. The van der Waals surface area contributed by atoms with Gasteiger partial charge in [0.15, 0.2) is 23.6 Å². The number of amides is 1. The summed E-state index contributed by atoms with van der Waals surface area (Å²) in [4.78, 5) is 83.5. The fourth-order valence-corrected chi connectivity index (χ4v) is 10.2. The number of aliphatic hydroxyl groups is 3. The van der Waals surface area contributed by atoms with E-state index in [-0.39, 0.29) is 35.3 Å². The second kappa shape index (κ2) is 16.5. The molecule has 4 N–H and O–H groups in total. The van der Waals surface area contributed by atoms with Gasteiger partial charge in [-0.1, -0.05) is 80.6 Å². The lowest BCUT2D eigenvalue weighted by atomic mass is 9.44. The molecule has 2 bridgehead atoms. The zero-order valence-electron chi connectivity index (χ0n) is 35.2. The predicted octanol–water partition coefficient (Wildman–Crippen LogP) is 3.74. The van der Waals surface area contributed by atoms with Gasteiger partial charge in [-0.05, 0) is 54.8 Å². The van der Waals surface area contributed by atoms with Crippen LogP contribution in [-0.2, 0) is 42.9 Å². The van der Waals surface area contributed by atoms with E-state index in [2.05, 4.69) is 5.32 Å². The maximum atomic E-state index is 15.5. The van der Waals surface area contributed by atoms with Gasteiger partial charge in [0.25, 0.3) is 5.91 Å². The van der Waals surface area contributed by atoms with E-state index in [1.54, 1.807) is 92.7 Å². The van der Waals surface area contributed by atoms with E-state index >= 15 is 4.79 Å². The Bertz CT molecular complexity index is 2280. The van der Waals surface area contributed by atoms with E-state index < -0.39 is 113 Å². The molecule has 0 unspecified atom stereocenters. The third-order valence-electron chi connectivity index (χ3n) is 13.5. The molecule has 62 heavy (non-hydrogen) atoms. The highest BCUT2D eigenvalue weighted by Gasteiger charge is 2.78. The number of carbonyl (C=O) groups is 6. The topological polar surface area (TPSA) is 221 Å². The van der Waals surface area contributed by atoms with Crippen LogP contribution in [0.4, 0.5) is 0 Å². The van der Waals surface area contributed by atoms with Gasteiger partial charge in [-0.25, -0.2) is 9.59 Å². The van der Waals surface area contributed by atoms with Crippen LogP contribution in [0.1, 0.15) is 86.7 Å². The van der Waals surface area contributed by atoms with Crippen molar-refractivity contribution in [2.24, 2.45) is 16.7 Å². The molecule has 3 aromatic rings. The van der Waals surface area contributed by atoms with Gasteiger partial charge in [-0.3, -0.25) is 19.2 Å². The second-order valence-corrected chi connectivity index (χ2v) is 17.4. The molecule has 11 atom stereocenters. The van der Waals surface area contributed by atoms with E-state index in [1.807, 2.05) is 0 Å². The Morgan fingerprint density at radius 1 is 0.823 bits per heavy atom. The monoisotopic (exact) mass is 853 g/mol. The molecular weight excluding hydrogens is 803 g/mol. The number of fused-ring (bicyclic) bond motifs is 5. The van der Waals surface area contributed by atoms with E-state index in [1.165, 1.54) is 26.0 Å². The summed E-state index contributed by atoms with van der Waals surface area (Å²) in [6.45, 7) is 7.97.